The van der Waals surface area contributed by atoms with Gasteiger partial charge in [0.1, 0.15) is 0 Å². The molecule has 0 aliphatic carbocycles. The number of ether oxygens (including phenoxy) is 1. The summed E-state index contributed by atoms with van der Waals surface area (Å²) in [6.07, 6.45) is 1.08. The molecule has 2 atom stereocenters. The van der Waals surface area contributed by atoms with Crippen molar-refractivity contribution in [3.63, 3.8) is 0 Å². The molecule has 8 heteroatoms. The zero-order valence-corrected chi connectivity index (χ0v) is 15.5. The summed E-state index contributed by atoms with van der Waals surface area (Å²) in [6.45, 7) is 5.17. The van der Waals surface area contributed by atoms with Crippen LogP contribution in [0.25, 0.3) is 0 Å². The van der Waals surface area contributed by atoms with Crippen molar-refractivity contribution >= 4 is 21.9 Å². The maximum Gasteiger partial charge on any atom is 0.338 e. The normalized spacial score (nSPS) is 21.0. The first-order chi connectivity index (χ1) is 11.7. The zero-order valence-electron chi connectivity index (χ0n) is 14.7. The van der Waals surface area contributed by atoms with Crippen molar-refractivity contribution in [3.05, 3.63) is 29.8 Å². The predicted molar refractivity (Wildman–Crippen MR) is 92.5 cm³/mol. The average molecular weight is 368 g/mol. The van der Waals surface area contributed by atoms with Crippen LogP contribution in [0.15, 0.2) is 29.2 Å². The van der Waals surface area contributed by atoms with E-state index in [1.165, 1.54) is 31.3 Å². The van der Waals surface area contributed by atoms with Crippen LogP contribution < -0.4 is 4.72 Å². The molecule has 1 fully saturated rings. The summed E-state index contributed by atoms with van der Waals surface area (Å²) < 4.78 is 30.8. The lowest BCUT2D eigenvalue weighted by Crippen LogP contribution is -2.44. The number of nitrogens with one attached hydrogen (secondary N) is 1. The number of esters is 1. The molecule has 1 aromatic carbocycles. The molecular formula is C17H24N2O5S. The summed E-state index contributed by atoms with van der Waals surface area (Å²) in [6, 6.07) is 5.51. The van der Waals surface area contributed by atoms with E-state index in [9.17, 15) is 18.0 Å². The highest BCUT2D eigenvalue weighted by atomic mass is 32.2. The SMILES string of the molecule is CNS(=O)(=O)c1cccc(C(=O)OCC(=O)N2C[C@H](C)C[C@H](C)C2)c1. The second-order valence-electron chi connectivity index (χ2n) is 6.56. The smallest absolute Gasteiger partial charge is 0.338 e. The molecule has 1 aliphatic heterocycles. The first-order valence-corrected chi connectivity index (χ1v) is 9.69. The maximum absolute atomic E-state index is 12.2. The number of hydrogen-bond donors (Lipinski definition) is 1. The van der Waals surface area contributed by atoms with Crippen LogP contribution in [0.2, 0.25) is 0 Å². The Balaban J connectivity index is 1.98. The topological polar surface area (TPSA) is 92.8 Å². The molecule has 0 radical (unpaired) electrons. The fraction of sp³-hybridized carbons (Fsp3) is 0.529. The van der Waals surface area contributed by atoms with E-state index < -0.39 is 16.0 Å². The highest BCUT2D eigenvalue weighted by Gasteiger charge is 2.26. The standard InChI is InChI=1S/C17H24N2O5S/c1-12-7-13(2)10-19(9-12)16(20)11-24-17(21)14-5-4-6-15(8-14)25(22,23)18-3/h4-6,8,12-13,18H,7,9-11H2,1-3H3/t12-,13+. The van der Waals surface area contributed by atoms with E-state index in [1.54, 1.807) is 4.90 Å². The van der Waals surface area contributed by atoms with Crippen molar-refractivity contribution in [2.45, 2.75) is 25.2 Å². The molecule has 0 bridgehead atoms. The number of carbonyl (C=O) groups excluding carboxylic acids is 2. The fourth-order valence-corrected chi connectivity index (χ4v) is 3.85. The Morgan fingerprint density at radius 3 is 2.48 bits per heavy atom. The van der Waals surface area contributed by atoms with Crippen molar-refractivity contribution in [1.29, 1.82) is 0 Å². The molecule has 0 saturated carbocycles. The molecule has 1 saturated heterocycles. The Kier molecular flexibility index (Phi) is 6.18. The number of rotatable bonds is 5. The van der Waals surface area contributed by atoms with Gasteiger partial charge in [0.25, 0.3) is 5.91 Å². The number of carbonyl (C=O) groups is 2. The van der Waals surface area contributed by atoms with Gasteiger partial charge in [-0.15, -0.1) is 0 Å². The lowest BCUT2D eigenvalue weighted by molar-refractivity contribution is -0.137. The Morgan fingerprint density at radius 2 is 1.88 bits per heavy atom. The van der Waals surface area contributed by atoms with Gasteiger partial charge in [-0.25, -0.2) is 17.9 Å². The molecule has 0 unspecified atom stereocenters. The molecule has 2 rings (SSSR count). The maximum atomic E-state index is 12.2. The summed E-state index contributed by atoms with van der Waals surface area (Å²) in [7, 11) is -2.36. The van der Waals surface area contributed by atoms with Crippen LogP contribution in [0.4, 0.5) is 0 Å². The van der Waals surface area contributed by atoms with Crippen molar-refractivity contribution in [1.82, 2.24) is 9.62 Å². The third kappa shape index (κ3) is 5.02. The largest absolute Gasteiger partial charge is 0.452 e. The molecule has 138 valence electrons. The van der Waals surface area contributed by atoms with Gasteiger partial charge in [0.15, 0.2) is 6.61 Å². The Labute approximate surface area is 148 Å². The monoisotopic (exact) mass is 368 g/mol. The summed E-state index contributed by atoms with van der Waals surface area (Å²) in [5.74, 6) is -0.107. The fourth-order valence-electron chi connectivity index (χ4n) is 3.08. The molecule has 1 amide bonds. The van der Waals surface area contributed by atoms with Crippen molar-refractivity contribution in [2.24, 2.45) is 11.8 Å². The Bertz CT molecular complexity index is 737. The lowest BCUT2D eigenvalue weighted by Gasteiger charge is -2.34. The van der Waals surface area contributed by atoms with Crippen LogP contribution in [0.3, 0.4) is 0 Å². The van der Waals surface area contributed by atoms with Crippen LogP contribution in [-0.4, -0.2) is 51.9 Å². The summed E-state index contributed by atoms with van der Waals surface area (Å²) >= 11 is 0. The van der Waals surface area contributed by atoms with E-state index in [0.29, 0.717) is 24.9 Å². The third-order valence-corrected chi connectivity index (χ3v) is 5.61. The quantitative estimate of drug-likeness (QED) is 0.790. The van der Waals surface area contributed by atoms with Gasteiger partial charge in [-0.05, 0) is 43.5 Å². The van der Waals surface area contributed by atoms with Gasteiger partial charge in [0.2, 0.25) is 10.0 Å². The number of nitrogens with zero attached hydrogens (tertiary/aromatic N) is 1. The van der Waals surface area contributed by atoms with Crippen molar-refractivity contribution < 1.29 is 22.7 Å². The molecule has 1 aromatic rings. The first kappa shape index (κ1) is 19.4. The Hall–Kier alpha value is -1.93. The highest BCUT2D eigenvalue weighted by Crippen LogP contribution is 2.21. The molecule has 1 N–H and O–H groups in total. The van der Waals surface area contributed by atoms with E-state index in [2.05, 4.69) is 18.6 Å². The van der Waals surface area contributed by atoms with E-state index in [4.69, 9.17) is 4.74 Å². The van der Waals surface area contributed by atoms with Crippen LogP contribution in [-0.2, 0) is 19.6 Å². The first-order valence-electron chi connectivity index (χ1n) is 8.21. The van der Waals surface area contributed by atoms with Gasteiger partial charge >= 0.3 is 5.97 Å². The summed E-state index contributed by atoms with van der Waals surface area (Å²) in [4.78, 5) is 26.0. The van der Waals surface area contributed by atoms with Crippen LogP contribution in [0.1, 0.15) is 30.6 Å². The van der Waals surface area contributed by atoms with E-state index in [-0.39, 0.29) is 23.0 Å². The van der Waals surface area contributed by atoms with E-state index in [1.807, 2.05) is 0 Å². The summed E-state index contributed by atoms with van der Waals surface area (Å²) in [5, 5.41) is 0. The molecule has 7 nitrogen and oxygen atoms in total. The number of benzene rings is 1. The predicted octanol–water partition coefficient (Wildman–Crippen LogP) is 1.26. The van der Waals surface area contributed by atoms with Crippen LogP contribution >= 0.6 is 0 Å². The summed E-state index contributed by atoms with van der Waals surface area (Å²) in [5.41, 5.74) is 0.0875. The molecule has 0 aromatic heterocycles. The minimum atomic E-state index is -3.65. The molecule has 0 spiro atoms. The second kappa shape index (κ2) is 7.97. The number of amides is 1. The molecule has 25 heavy (non-hydrogen) atoms. The molecule has 1 aliphatic rings. The van der Waals surface area contributed by atoms with Gasteiger partial charge in [-0.2, -0.15) is 0 Å². The molecular weight excluding hydrogens is 344 g/mol. The van der Waals surface area contributed by atoms with Gasteiger partial charge in [-0.3, -0.25) is 4.79 Å². The van der Waals surface area contributed by atoms with E-state index in [0.717, 1.165) is 6.42 Å². The average Bonchev–Trinajstić information content (AvgIpc) is 2.58. The van der Waals surface area contributed by atoms with Gasteiger partial charge in [-0.1, -0.05) is 19.9 Å². The minimum Gasteiger partial charge on any atom is -0.452 e. The van der Waals surface area contributed by atoms with Crippen LogP contribution in [0.5, 0.6) is 0 Å². The minimum absolute atomic E-state index is 0.0329. The van der Waals surface area contributed by atoms with Gasteiger partial charge < -0.3 is 9.64 Å². The molecule has 1 heterocycles. The number of hydrogen-bond acceptors (Lipinski definition) is 5. The van der Waals surface area contributed by atoms with Gasteiger partial charge in [0, 0.05) is 13.1 Å². The zero-order chi connectivity index (χ0) is 18.6. The third-order valence-electron chi connectivity index (χ3n) is 4.20. The van der Waals surface area contributed by atoms with E-state index >= 15 is 0 Å². The van der Waals surface area contributed by atoms with Crippen molar-refractivity contribution in [2.75, 3.05) is 26.7 Å². The van der Waals surface area contributed by atoms with Crippen LogP contribution in [0, 0.1) is 11.8 Å². The number of likely N-dealkylation sites (tertiary alicyclic amines) is 1. The second-order valence-corrected chi connectivity index (χ2v) is 8.44. The number of sulfonamides is 1. The highest BCUT2D eigenvalue weighted by molar-refractivity contribution is 7.89. The van der Waals surface area contributed by atoms with Gasteiger partial charge in [0.05, 0.1) is 10.5 Å². The Morgan fingerprint density at radius 1 is 1.24 bits per heavy atom. The van der Waals surface area contributed by atoms with Crippen molar-refractivity contribution in [3.8, 4) is 0 Å². The number of piperidine rings is 1. The lowest BCUT2D eigenvalue weighted by atomic mass is 9.92.